The maximum absolute atomic E-state index is 4.45. The third kappa shape index (κ3) is 3.00. The number of hydrogen-bond acceptors (Lipinski definition) is 1. The Labute approximate surface area is 130 Å². The zero-order chi connectivity index (χ0) is 13.4. The van der Waals surface area contributed by atoms with Gasteiger partial charge in [0.1, 0.15) is 0 Å². The van der Waals surface area contributed by atoms with E-state index in [0.29, 0.717) is 6.04 Å². The molecule has 0 amide bonds. The minimum absolute atomic E-state index is 0. The van der Waals surface area contributed by atoms with Crippen molar-refractivity contribution in [3.8, 4) is 11.1 Å². The molecule has 3 heteroatoms. The van der Waals surface area contributed by atoms with Gasteiger partial charge in [-0.05, 0) is 69.4 Å². The van der Waals surface area contributed by atoms with Crippen molar-refractivity contribution in [2.75, 3.05) is 0 Å². The van der Waals surface area contributed by atoms with E-state index in [1.807, 2.05) is 10.9 Å². The summed E-state index contributed by atoms with van der Waals surface area (Å²) in [4.78, 5) is 0. The van der Waals surface area contributed by atoms with Crippen LogP contribution in [0.5, 0.6) is 0 Å². The van der Waals surface area contributed by atoms with E-state index in [4.69, 9.17) is 0 Å². The molecule has 0 aliphatic heterocycles. The first-order chi connectivity index (χ1) is 8.41. The second-order valence-corrected chi connectivity index (χ2v) is 5.44. The van der Waals surface area contributed by atoms with Crippen LogP contribution in [0.4, 0.5) is 0 Å². The molecule has 0 spiro atoms. The molecular formula is C16H22N2Pt. The number of benzene rings is 1. The van der Waals surface area contributed by atoms with Gasteiger partial charge in [-0.1, -0.05) is 6.07 Å². The van der Waals surface area contributed by atoms with Gasteiger partial charge in [0, 0.05) is 38.9 Å². The molecule has 0 saturated heterocycles. The van der Waals surface area contributed by atoms with Gasteiger partial charge in [0.15, 0.2) is 0 Å². The van der Waals surface area contributed by atoms with Gasteiger partial charge in [0.2, 0.25) is 0 Å². The number of aryl methyl sites for hydroxylation is 2. The molecule has 2 aromatic rings. The predicted molar refractivity (Wildman–Crippen MR) is 77.0 cm³/mol. The standard InChI is InChI=1S/C16H22N2.Pt/c1-10(2)18-9-15(8-17-18)16-13(5)11(3)7-12(4)14(16)6;/h7-10H,1-6H3;. The van der Waals surface area contributed by atoms with Crippen LogP contribution >= 0.6 is 0 Å². The Hall–Kier alpha value is -0.882. The van der Waals surface area contributed by atoms with Gasteiger partial charge in [-0.25, -0.2) is 0 Å². The van der Waals surface area contributed by atoms with Crippen LogP contribution in [-0.2, 0) is 21.1 Å². The van der Waals surface area contributed by atoms with Crippen molar-refractivity contribution < 1.29 is 21.1 Å². The third-order valence-electron chi connectivity index (χ3n) is 3.79. The Morgan fingerprint density at radius 1 is 1.00 bits per heavy atom. The summed E-state index contributed by atoms with van der Waals surface area (Å²) in [5.41, 5.74) is 8.00. The van der Waals surface area contributed by atoms with Crippen LogP contribution in [-0.4, -0.2) is 9.78 Å². The van der Waals surface area contributed by atoms with E-state index in [1.165, 1.54) is 33.4 Å². The van der Waals surface area contributed by atoms with Crippen molar-refractivity contribution in [2.24, 2.45) is 0 Å². The van der Waals surface area contributed by atoms with Gasteiger partial charge in [0.25, 0.3) is 0 Å². The van der Waals surface area contributed by atoms with Crippen LogP contribution in [0.2, 0.25) is 0 Å². The fourth-order valence-corrected chi connectivity index (χ4v) is 2.40. The fraction of sp³-hybridized carbons (Fsp3) is 0.438. The SMILES string of the molecule is Cc1cc(C)c(C)c(-c2cnn(C(C)C)c2)c1C.[Pt]. The molecule has 1 aromatic heterocycles. The van der Waals surface area contributed by atoms with E-state index in [2.05, 4.69) is 58.9 Å². The molecule has 0 bridgehead atoms. The zero-order valence-corrected chi connectivity index (χ0v) is 14.8. The third-order valence-corrected chi connectivity index (χ3v) is 3.79. The van der Waals surface area contributed by atoms with Gasteiger partial charge in [-0.15, -0.1) is 0 Å². The van der Waals surface area contributed by atoms with E-state index in [0.717, 1.165) is 0 Å². The summed E-state index contributed by atoms with van der Waals surface area (Å²) in [5.74, 6) is 0. The first-order valence-corrected chi connectivity index (χ1v) is 6.53. The summed E-state index contributed by atoms with van der Waals surface area (Å²) in [7, 11) is 0. The topological polar surface area (TPSA) is 17.8 Å². The number of hydrogen-bond donors (Lipinski definition) is 0. The van der Waals surface area contributed by atoms with Crippen molar-refractivity contribution in [1.29, 1.82) is 0 Å². The molecule has 106 valence electrons. The largest absolute Gasteiger partial charge is 0.270 e. The summed E-state index contributed by atoms with van der Waals surface area (Å²) in [6.45, 7) is 13.1. The molecule has 0 unspecified atom stereocenters. The van der Waals surface area contributed by atoms with Crippen LogP contribution in [0.1, 0.15) is 42.1 Å². The van der Waals surface area contributed by atoms with Crippen molar-refractivity contribution in [2.45, 2.75) is 47.6 Å². The Balaban J connectivity index is 0.00000180. The number of rotatable bonds is 2. The summed E-state index contributed by atoms with van der Waals surface area (Å²) in [6.07, 6.45) is 4.13. The molecule has 2 rings (SSSR count). The average molecular weight is 437 g/mol. The molecule has 0 N–H and O–H groups in total. The van der Waals surface area contributed by atoms with Gasteiger partial charge >= 0.3 is 0 Å². The molecule has 0 radical (unpaired) electrons. The second-order valence-electron chi connectivity index (χ2n) is 5.44. The van der Waals surface area contributed by atoms with Gasteiger partial charge < -0.3 is 0 Å². The zero-order valence-electron chi connectivity index (χ0n) is 12.5. The van der Waals surface area contributed by atoms with E-state index < -0.39 is 0 Å². The Kier molecular flexibility index (Phi) is 5.15. The summed E-state index contributed by atoms with van der Waals surface area (Å²) in [5, 5.41) is 4.45. The summed E-state index contributed by atoms with van der Waals surface area (Å²) in [6, 6.07) is 2.67. The monoisotopic (exact) mass is 437 g/mol. The minimum Gasteiger partial charge on any atom is -0.270 e. The first kappa shape index (κ1) is 16.2. The van der Waals surface area contributed by atoms with E-state index in [9.17, 15) is 0 Å². The Morgan fingerprint density at radius 2 is 1.53 bits per heavy atom. The van der Waals surface area contributed by atoms with Crippen molar-refractivity contribution in [3.63, 3.8) is 0 Å². The molecule has 0 atom stereocenters. The Morgan fingerprint density at radius 3 is 1.95 bits per heavy atom. The van der Waals surface area contributed by atoms with Gasteiger partial charge in [0.05, 0.1) is 6.20 Å². The smallest absolute Gasteiger partial charge is 0.0568 e. The molecule has 1 heterocycles. The van der Waals surface area contributed by atoms with E-state index in [1.54, 1.807) is 0 Å². The molecule has 0 aliphatic rings. The van der Waals surface area contributed by atoms with Crippen molar-refractivity contribution in [1.82, 2.24) is 9.78 Å². The van der Waals surface area contributed by atoms with Crippen molar-refractivity contribution >= 4 is 0 Å². The first-order valence-electron chi connectivity index (χ1n) is 6.53. The molecule has 2 nitrogen and oxygen atoms in total. The normalized spacial score (nSPS) is 10.7. The molecule has 0 fully saturated rings. The van der Waals surface area contributed by atoms with Gasteiger partial charge in [-0.3, -0.25) is 4.68 Å². The number of nitrogens with zero attached hydrogens (tertiary/aromatic N) is 2. The molecule has 0 saturated carbocycles. The van der Waals surface area contributed by atoms with Crippen LogP contribution in [0.15, 0.2) is 18.5 Å². The summed E-state index contributed by atoms with van der Waals surface area (Å²) < 4.78 is 2.02. The number of aromatic nitrogens is 2. The fourth-order valence-electron chi connectivity index (χ4n) is 2.40. The predicted octanol–water partition coefficient (Wildman–Crippen LogP) is 4.36. The van der Waals surface area contributed by atoms with E-state index >= 15 is 0 Å². The van der Waals surface area contributed by atoms with Crippen LogP contribution in [0.3, 0.4) is 0 Å². The second kappa shape index (κ2) is 6.05. The van der Waals surface area contributed by atoms with Gasteiger partial charge in [-0.2, -0.15) is 5.10 Å². The molecular weight excluding hydrogens is 415 g/mol. The van der Waals surface area contributed by atoms with Crippen LogP contribution in [0.25, 0.3) is 11.1 Å². The minimum atomic E-state index is 0. The molecule has 1 aromatic carbocycles. The van der Waals surface area contributed by atoms with E-state index in [-0.39, 0.29) is 21.1 Å². The quantitative estimate of drug-likeness (QED) is 0.683. The molecule has 19 heavy (non-hydrogen) atoms. The average Bonchev–Trinajstić information content (AvgIpc) is 2.76. The van der Waals surface area contributed by atoms with Crippen LogP contribution in [0, 0.1) is 27.7 Å². The maximum atomic E-state index is 4.45. The maximum Gasteiger partial charge on any atom is 0.0568 e. The molecule has 0 aliphatic carbocycles. The van der Waals surface area contributed by atoms with Crippen molar-refractivity contribution in [3.05, 3.63) is 40.7 Å². The summed E-state index contributed by atoms with van der Waals surface area (Å²) >= 11 is 0. The van der Waals surface area contributed by atoms with Crippen LogP contribution < -0.4 is 0 Å². The Bertz CT molecular complexity index is 556.